The minimum absolute atomic E-state index is 0.838. The highest BCUT2D eigenvalue weighted by molar-refractivity contribution is 5.26. The van der Waals surface area contributed by atoms with Crippen molar-refractivity contribution < 1.29 is 4.42 Å². The number of fused-ring (bicyclic) bond motifs is 5. The van der Waals surface area contributed by atoms with Crippen LogP contribution >= 0.6 is 0 Å². The molecule has 2 heterocycles. The van der Waals surface area contributed by atoms with E-state index in [0.29, 0.717) is 0 Å². The Morgan fingerprint density at radius 1 is 1.16 bits per heavy atom. The number of allylic oxidation sites excluding steroid dienone is 2. The van der Waals surface area contributed by atoms with Crippen LogP contribution in [0.25, 0.3) is 0 Å². The van der Waals surface area contributed by atoms with E-state index in [9.17, 15) is 0 Å². The van der Waals surface area contributed by atoms with Gasteiger partial charge in [0.05, 0.1) is 12.8 Å². The fourth-order valence-electron chi connectivity index (χ4n) is 5.45. The Labute approximate surface area is 114 Å². The number of furan rings is 1. The van der Waals surface area contributed by atoms with E-state index in [-0.39, 0.29) is 0 Å². The number of hydrogen-bond donors (Lipinski definition) is 0. The summed E-state index contributed by atoms with van der Waals surface area (Å²) in [4.78, 5) is 2.70. The van der Waals surface area contributed by atoms with E-state index in [0.717, 1.165) is 47.9 Å². The Morgan fingerprint density at radius 2 is 2.00 bits per heavy atom. The third kappa shape index (κ3) is 1.47. The minimum Gasteiger partial charge on any atom is -0.468 e. The summed E-state index contributed by atoms with van der Waals surface area (Å²) in [6, 6.07) is 4.97. The van der Waals surface area contributed by atoms with Gasteiger partial charge in [0.1, 0.15) is 5.76 Å². The number of nitrogens with zero attached hydrogens (tertiary/aromatic N) is 1. The van der Waals surface area contributed by atoms with Gasteiger partial charge < -0.3 is 4.42 Å². The van der Waals surface area contributed by atoms with Gasteiger partial charge in [0.2, 0.25) is 0 Å². The van der Waals surface area contributed by atoms with E-state index >= 15 is 0 Å². The molecule has 3 aliphatic carbocycles. The minimum atomic E-state index is 0.838. The molecule has 0 amide bonds. The first-order chi connectivity index (χ1) is 9.42. The summed E-state index contributed by atoms with van der Waals surface area (Å²) in [6.07, 6.45) is 11.1. The van der Waals surface area contributed by atoms with Gasteiger partial charge >= 0.3 is 0 Å². The molecule has 6 atom stereocenters. The molecule has 0 radical (unpaired) electrons. The van der Waals surface area contributed by atoms with E-state index < -0.39 is 0 Å². The zero-order valence-electron chi connectivity index (χ0n) is 11.2. The lowest BCUT2D eigenvalue weighted by molar-refractivity contribution is 0.187. The van der Waals surface area contributed by atoms with E-state index in [1.165, 1.54) is 25.8 Å². The van der Waals surface area contributed by atoms with Crippen LogP contribution in [0.15, 0.2) is 35.0 Å². The molecule has 19 heavy (non-hydrogen) atoms. The Balaban J connectivity index is 1.33. The van der Waals surface area contributed by atoms with Gasteiger partial charge in [-0.25, -0.2) is 0 Å². The maximum absolute atomic E-state index is 5.54. The van der Waals surface area contributed by atoms with E-state index in [1.807, 2.05) is 6.07 Å². The van der Waals surface area contributed by atoms with Gasteiger partial charge in [-0.2, -0.15) is 0 Å². The van der Waals surface area contributed by atoms with Gasteiger partial charge in [-0.05, 0) is 67.5 Å². The van der Waals surface area contributed by atoms with Crippen molar-refractivity contribution in [2.45, 2.75) is 31.8 Å². The van der Waals surface area contributed by atoms with Gasteiger partial charge in [-0.1, -0.05) is 12.2 Å². The third-order valence-corrected chi connectivity index (χ3v) is 6.13. The molecule has 5 rings (SSSR count). The normalized spacial score (nSPS) is 46.9. The van der Waals surface area contributed by atoms with Crippen LogP contribution in [0.4, 0.5) is 0 Å². The Kier molecular flexibility index (Phi) is 2.12. The molecule has 2 bridgehead atoms. The molecular weight excluding hydrogens is 234 g/mol. The fraction of sp³-hybridized carbons (Fsp3) is 0.647. The first-order valence-electron chi connectivity index (χ1n) is 7.86. The highest BCUT2D eigenvalue weighted by Gasteiger charge is 2.66. The quantitative estimate of drug-likeness (QED) is 0.770. The largest absolute Gasteiger partial charge is 0.468 e. The van der Waals surface area contributed by atoms with Crippen LogP contribution in [0.1, 0.15) is 25.0 Å². The van der Waals surface area contributed by atoms with Crippen molar-refractivity contribution in [2.75, 3.05) is 6.54 Å². The summed E-state index contributed by atoms with van der Waals surface area (Å²) in [6.45, 7) is 2.29. The standard InChI is InChI=1S/C17H21NO/c1-4-14(18(7-1)10-13-3-2-8-19-13)17-15-11-5-6-12(9-11)16(15)17/h2-3,5-6,8,11-12,14-17H,1,4,7,9-10H2/t11-,12+,14?,15+,16-,17?. The van der Waals surface area contributed by atoms with Crippen molar-refractivity contribution in [1.82, 2.24) is 4.90 Å². The van der Waals surface area contributed by atoms with Gasteiger partial charge in [0.25, 0.3) is 0 Å². The van der Waals surface area contributed by atoms with Crippen molar-refractivity contribution in [3.05, 3.63) is 36.3 Å². The number of rotatable bonds is 3. The lowest BCUT2D eigenvalue weighted by Gasteiger charge is -2.26. The molecule has 0 aromatic carbocycles. The molecule has 100 valence electrons. The van der Waals surface area contributed by atoms with Gasteiger partial charge in [-0.3, -0.25) is 4.90 Å². The molecule has 4 aliphatic rings. The summed E-state index contributed by atoms with van der Waals surface area (Å²) < 4.78 is 5.54. The molecule has 2 nitrogen and oxygen atoms in total. The second-order valence-electron chi connectivity index (χ2n) is 6.94. The van der Waals surface area contributed by atoms with Crippen LogP contribution in [-0.2, 0) is 6.54 Å². The molecule has 0 spiro atoms. The Hall–Kier alpha value is -1.02. The van der Waals surface area contributed by atoms with Crippen LogP contribution in [0.5, 0.6) is 0 Å². The summed E-state index contributed by atoms with van der Waals surface area (Å²) >= 11 is 0. The monoisotopic (exact) mass is 255 g/mol. The van der Waals surface area contributed by atoms with E-state index in [4.69, 9.17) is 4.42 Å². The first-order valence-corrected chi connectivity index (χ1v) is 7.86. The predicted octanol–water partition coefficient (Wildman–Crippen LogP) is 3.31. The van der Waals surface area contributed by atoms with Crippen LogP contribution in [0.2, 0.25) is 0 Å². The lowest BCUT2D eigenvalue weighted by atomic mass is 9.95. The molecular formula is C17H21NO. The summed E-state index contributed by atoms with van der Waals surface area (Å²) in [5.41, 5.74) is 0. The van der Waals surface area contributed by atoms with Gasteiger partial charge in [0, 0.05) is 6.04 Å². The van der Waals surface area contributed by atoms with Crippen molar-refractivity contribution in [1.29, 1.82) is 0 Å². The molecule has 1 saturated heterocycles. The summed E-state index contributed by atoms with van der Waals surface area (Å²) in [5, 5.41) is 0. The average molecular weight is 255 g/mol. The first kappa shape index (κ1) is 10.7. The second-order valence-corrected chi connectivity index (χ2v) is 6.94. The van der Waals surface area contributed by atoms with Crippen molar-refractivity contribution >= 4 is 0 Å². The summed E-state index contributed by atoms with van der Waals surface area (Å²) in [7, 11) is 0. The number of likely N-dealkylation sites (tertiary alicyclic amines) is 1. The maximum Gasteiger partial charge on any atom is 0.117 e. The molecule has 2 heteroatoms. The maximum atomic E-state index is 5.54. The smallest absolute Gasteiger partial charge is 0.117 e. The van der Waals surface area contributed by atoms with Gasteiger partial charge in [-0.15, -0.1) is 0 Å². The molecule has 2 unspecified atom stereocenters. The number of hydrogen-bond acceptors (Lipinski definition) is 2. The van der Waals surface area contributed by atoms with E-state index in [2.05, 4.69) is 23.1 Å². The second kappa shape index (κ2) is 3.76. The third-order valence-electron chi connectivity index (χ3n) is 6.13. The van der Waals surface area contributed by atoms with Gasteiger partial charge in [0.15, 0.2) is 0 Å². The lowest BCUT2D eigenvalue weighted by Crippen LogP contribution is -2.32. The molecule has 1 aliphatic heterocycles. The van der Waals surface area contributed by atoms with E-state index in [1.54, 1.807) is 6.26 Å². The highest BCUT2D eigenvalue weighted by atomic mass is 16.3. The summed E-state index contributed by atoms with van der Waals surface area (Å²) in [5.74, 6) is 6.08. The molecule has 0 N–H and O–H groups in total. The zero-order chi connectivity index (χ0) is 12.4. The van der Waals surface area contributed by atoms with Crippen LogP contribution in [-0.4, -0.2) is 17.5 Å². The Morgan fingerprint density at radius 3 is 2.74 bits per heavy atom. The average Bonchev–Trinajstić information content (AvgIpc) is 2.99. The SMILES string of the molecule is C1=C[C@H]2C[C@@H]1[C@@H]1C(C3CCCN3Cc3ccco3)[C@@H]12. The Bertz CT molecular complexity index is 487. The van der Waals surface area contributed by atoms with Crippen LogP contribution < -0.4 is 0 Å². The van der Waals surface area contributed by atoms with Crippen molar-refractivity contribution in [2.24, 2.45) is 29.6 Å². The van der Waals surface area contributed by atoms with Crippen molar-refractivity contribution in [3.63, 3.8) is 0 Å². The molecule has 3 fully saturated rings. The zero-order valence-corrected chi connectivity index (χ0v) is 11.2. The van der Waals surface area contributed by atoms with Crippen LogP contribution in [0.3, 0.4) is 0 Å². The molecule has 1 aromatic rings. The van der Waals surface area contributed by atoms with Crippen LogP contribution in [0, 0.1) is 29.6 Å². The predicted molar refractivity (Wildman–Crippen MR) is 73.3 cm³/mol. The topological polar surface area (TPSA) is 16.4 Å². The van der Waals surface area contributed by atoms with Crippen molar-refractivity contribution in [3.8, 4) is 0 Å². The molecule has 2 saturated carbocycles. The highest BCUT2D eigenvalue weighted by Crippen LogP contribution is 2.69. The molecule has 1 aromatic heterocycles. The fourth-order valence-corrected chi connectivity index (χ4v) is 5.45.